The van der Waals surface area contributed by atoms with Gasteiger partial charge in [0.25, 0.3) is 5.91 Å². The minimum atomic E-state index is 0. The summed E-state index contributed by atoms with van der Waals surface area (Å²) >= 11 is 0. The van der Waals surface area contributed by atoms with Crippen molar-refractivity contribution in [2.24, 2.45) is 4.99 Å². The number of hydrogen-bond acceptors (Lipinski definition) is 4. The summed E-state index contributed by atoms with van der Waals surface area (Å²) in [6, 6.07) is 11.6. The Morgan fingerprint density at radius 1 is 1.13 bits per heavy atom. The predicted octanol–water partition coefficient (Wildman–Crippen LogP) is 3.44. The molecular formula is C23H33IN4O3. The lowest BCUT2D eigenvalue weighted by molar-refractivity contribution is -0.0586. The van der Waals surface area contributed by atoms with Gasteiger partial charge in [0.1, 0.15) is 5.76 Å². The predicted molar refractivity (Wildman–Crippen MR) is 133 cm³/mol. The van der Waals surface area contributed by atoms with Crippen LogP contribution in [0.1, 0.15) is 42.5 Å². The topological polar surface area (TPSA) is 79.1 Å². The summed E-state index contributed by atoms with van der Waals surface area (Å²) in [7, 11) is 0. The number of ether oxygens (including phenoxy) is 1. The van der Waals surface area contributed by atoms with E-state index in [4.69, 9.17) is 9.15 Å². The first-order valence-corrected chi connectivity index (χ1v) is 10.6. The van der Waals surface area contributed by atoms with Crippen LogP contribution in [0.4, 0.5) is 0 Å². The molecule has 1 aliphatic rings. The fourth-order valence-corrected chi connectivity index (χ4v) is 3.55. The first-order chi connectivity index (χ1) is 14.5. The van der Waals surface area contributed by atoms with E-state index in [-0.39, 0.29) is 42.1 Å². The summed E-state index contributed by atoms with van der Waals surface area (Å²) < 4.78 is 11.1. The average molecular weight is 540 g/mol. The third-order valence-electron chi connectivity index (χ3n) is 4.92. The van der Waals surface area contributed by atoms with Crippen molar-refractivity contribution in [3.63, 3.8) is 0 Å². The number of nitrogens with zero attached hydrogens (tertiary/aromatic N) is 2. The molecule has 1 aliphatic heterocycles. The Hall–Kier alpha value is -2.07. The number of aliphatic imine (C=N–C) groups is 1. The lowest BCUT2D eigenvalue weighted by Crippen LogP contribution is -2.48. The number of carbonyl (C=O) groups excluding carboxylic acids is 1. The number of guanidine groups is 1. The molecule has 2 heterocycles. The second-order valence-corrected chi connectivity index (χ2v) is 7.62. The maximum atomic E-state index is 12.8. The fourth-order valence-electron chi connectivity index (χ4n) is 3.55. The average Bonchev–Trinajstić information content (AvgIpc) is 3.25. The Labute approximate surface area is 201 Å². The number of furan rings is 1. The number of carbonyl (C=O) groups is 1. The van der Waals surface area contributed by atoms with E-state index in [1.165, 1.54) is 0 Å². The molecule has 1 aromatic carbocycles. The largest absolute Gasteiger partial charge is 0.469 e. The molecule has 1 fully saturated rings. The van der Waals surface area contributed by atoms with E-state index in [1.54, 1.807) is 6.26 Å². The first kappa shape index (κ1) is 25.2. The minimum absolute atomic E-state index is 0. The van der Waals surface area contributed by atoms with Crippen LogP contribution >= 0.6 is 24.0 Å². The minimum Gasteiger partial charge on any atom is -0.469 e. The van der Waals surface area contributed by atoms with E-state index in [1.807, 2.05) is 62.1 Å². The van der Waals surface area contributed by atoms with Crippen LogP contribution in [0.25, 0.3) is 0 Å². The Kier molecular flexibility index (Phi) is 10.3. The Morgan fingerprint density at radius 2 is 1.84 bits per heavy atom. The van der Waals surface area contributed by atoms with Gasteiger partial charge in [-0.3, -0.25) is 4.79 Å². The highest BCUT2D eigenvalue weighted by Gasteiger charge is 2.26. The number of morpholine rings is 1. The Balaban J connectivity index is 0.00000341. The molecule has 0 radical (unpaired) electrons. The molecule has 8 heteroatoms. The lowest BCUT2D eigenvalue weighted by atomic mass is 10.1. The highest BCUT2D eigenvalue weighted by atomic mass is 127. The van der Waals surface area contributed by atoms with Crippen molar-refractivity contribution in [3.8, 4) is 0 Å². The molecule has 0 spiro atoms. The maximum Gasteiger partial charge on any atom is 0.254 e. The van der Waals surface area contributed by atoms with Crippen molar-refractivity contribution in [1.82, 2.24) is 15.5 Å². The van der Waals surface area contributed by atoms with Gasteiger partial charge in [0.05, 0.1) is 25.0 Å². The zero-order valence-electron chi connectivity index (χ0n) is 18.5. The third-order valence-corrected chi connectivity index (χ3v) is 4.92. The van der Waals surface area contributed by atoms with Crippen LogP contribution < -0.4 is 10.6 Å². The number of hydrogen-bond donors (Lipinski definition) is 2. The Morgan fingerprint density at radius 3 is 2.45 bits per heavy atom. The van der Waals surface area contributed by atoms with Crippen molar-refractivity contribution in [3.05, 3.63) is 59.5 Å². The van der Waals surface area contributed by atoms with Gasteiger partial charge in [-0.15, -0.1) is 24.0 Å². The first-order valence-electron chi connectivity index (χ1n) is 10.6. The van der Waals surface area contributed by atoms with Gasteiger partial charge in [-0.25, -0.2) is 4.99 Å². The highest BCUT2D eigenvalue weighted by Crippen LogP contribution is 2.15. The van der Waals surface area contributed by atoms with E-state index < -0.39 is 0 Å². The molecule has 0 bridgehead atoms. The summed E-state index contributed by atoms with van der Waals surface area (Å²) in [6.45, 7) is 9.37. The summed E-state index contributed by atoms with van der Waals surface area (Å²) in [5.74, 6) is 1.77. The molecule has 3 rings (SSSR count). The van der Waals surface area contributed by atoms with E-state index in [0.717, 1.165) is 36.8 Å². The quantitative estimate of drug-likeness (QED) is 0.320. The van der Waals surface area contributed by atoms with Gasteiger partial charge in [0.2, 0.25) is 0 Å². The van der Waals surface area contributed by atoms with Crippen LogP contribution in [0, 0.1) is 0 Å². The van der Waals surface area contributed by atoms with Gasteiger partial charge < -0.3 is 24.7 Å². The van der Waals surface area contributed by atoms with Crippen molar-refractivity contribution >= 4 is 35.8 Å². The number of halogens is 1. The van der Waals surface area contributed by atoms with E-state index in [2.05, 4.69) is 15.6 Å². The van der Waals surface area contributed by atoms with Crippen LogP contribution in [0.2, 0.25) is 0 Å². The SMILES string of the molecule is CCNC(=NCc1ccc(C(=O)N2CC(C)OC(C)C2)cc1)NCCc1ccco1.I. The van der Waals surface area contributed by atoms with Crippen LogP contribution in [-0.4, -0.2) is 55.2 Å². The van der Waals surface area contributed by atoms with Gasteiger partial charge in [0, 0.05) is 38.2 Å². The number of benzene rings is 1. The van der Waals surface area contributed by atoms with E-state index >= 15 is 0 Å². The third kappa shape index (κ3) is 7.84. The van der Waals surface area contributed by atoms with Crippen molar-refractivity contribution in [2.45, 2.75) is 45.9 Å². The zero-order valence-corrected chi connectivity index (χ0v) is 20.8. The smallest absolute Gasteiger partial charge is 0.254 e. The van der Waals surface area contributed by atoms with Crippen LogP contribution in [0.15, 0.2) is 52.1 Å². The molecule has 2 N–H and O–H groups in total. The van der Waals surface area contributed by atoms with Crippen LogP contribution in [-0.2, 0) is 17.7 Å². The molecule has 170 valence electrons. The number of nitrogens with one attached hydrogen (secondary N) is 2. The second-order valence-electron chi connectivity index (χ2n) is 7.62. The molecule has 7 nitrogen and oxygen atoms in total. The molecule has 31 heavy (non-hydrogen) atoms. The van der Waals surface area contributed by atoms with Gasteiger partial charge in [-0.2, -0.15) is 0 Å². The maximum absolute atomic E-state index is 12.8. The van der Waals surface area contributed by atoms with Crippen molar-refractivity contribution in [1.29, 1.82) is 0 Å². The second kappa shape index (κ2) is 12.7. The van der Waals surface area contributed by atoms with Crippen LogP contribution in [0.3, 0.4) is 0 Å². The van der Waals surface area contributed by atoms with Gasteiger partial charge in [0.15, 0.2) is 5.96 Å². The summed E-state index contributed by atoms with van der Waals surface area (Å²) in [5.41, 5.74) is 1.76. The zero-order chi connectivity index (χ0) is 21.3. The van der Waals surface area contributed by atoms with Crippen molar-refractivity contribution < 1.29 is 13.9 Å². The molecule has 2 unspecified atom stereocenters. The number of rotatable bonds is 7. The van der Waals surface area contributed by atoms with Crippen LogP contribution in [0.5, 0.6) is 0 Å². The molecule has 2 atom stereocenters. The Bertz CT molecular complexity index is 814. The van der Waals surface area contributed by atoms with Gasteiger partial charge >= 0.3 is 0 Å². The molecule has 2 aromatic rings. The van der Waals surface area contributed by atoms with E-state index in [9.17, 15) is 4.79 Å². The molecule has 1 aromatic heterocycles. The van der Waals surface area contributed by atoms with Crippen molar-refractivity contribution in [2.75, 3.05) is 26.2 Å². The summed E-state index contributed by atoms with van der Waals surface area (Å²) in [4.78, 5) is 19.3. The van der Waals surface area contributed by atoms with E-state index in [0.29, 0.717) is 25.2 Å². The molecule has 0 aliphatic carbocycles. The normalized spacial score (nSPS) is 18.9. The lowest BCUT2D eigenvalue weighted by Gasteiger charge is -2.35. The summed E-state index contributed by atoms with van der Waals surface area (Å²) in [5, 5.41) is 6.57. The van der Waals surface area contributed by atoms with Gasteiger partial charge in [-0.1, -0.05) is 12.1 Å². The molecule has 1 amide bonds. The number of amides is 1. The standard InChI is InChI=1S/C23H32N4O3.HI/c1-4-24-23(25-12-11-21-6-5-13-29-21)26-14-19-7-9-20(10-8-19)22(28)27-15-17(2)30-18(3)16-27;/h5-10,13,17-18H,4,11-12,14-16H2,1-3H3,(H2,24,25,26);1H. The van der Waals surface area contributed by atoms with Gasteiger partial charge in [-0.05, 0) is 50.6 Å². The molecule has 1 saturated heterocycles. The summed E-state index contributed by atoms with van der Waals surface area (Å²) in [6.07, 6.45) is 2.61. The molecular weight excluding hydrogens is 507 g/mol. The fraction of sp³-hybridized carbons (Fsp3) is 0.478. The highest BCUT2D eigenvalue weighted by molar-refractivity contribution is 14.0. The molecule has 0 saturated carbocycles. The monoisotopic (exact) mass is 540 g/mol.